The van der Waals surface area contributed by atoms with Gasteiger partial charge < -0.3 is 10.1 Å². The average Bonchev–Trinajstić information content (AvgIpc) is 2.54. The lowest BCUT2D eigenvalue weighted by molar-refractivity contribution is 0.0982. The number of ketones is 1. The van der Waals surface area contributed by atoms with Crippen LogP contribution in [-0.4, -0.2) is 17.9 Å². The van der Waals surface area contributed by atoms with Crippen molar-refractivity contribution in [3.05, 3.63) is 53.5 Å². The zero-order chi connectivity index (χ0) is 15.9. The van der Waals surface area contributed by atoms with Crippen molar-refractivity contribution in [3.8, 4) is 5.88 Å². The molecule has 0 unspecified atom stereocenters. The molecule has 22 heavy (non-hydrogen) atoms. The Hall–Kier alpha value is -2.43. The van der Waals surface area contributed by atoms with Gasteiger partial charge in [0.05, 0.1) is 13.3 Å². The zero-order valence-corrected chi connectivity index (χ0v) is 12.7. The number of nitrogens with one attached hydrogen (secondary N) is 1. The molecule has 1 N–H and O–H groups in total. The van der Waals surface area contributed by atoms with Crippen molar-refractivity contribution in [2.45, 2.75) is 26.3 Å². The summed E-state index contributed by atoms with van der Waals surface area (Å²) >= 11 is 0. The van der Waals surface area contributed by atoms with E-state index in [1.165, 1.54) is 13.2 Å². The molecular formula is C17H19FN2O2. The molecule has 1 aromatic carbocycles. The van der Waals surface area contributed by atoms with E-state index in [9.17, 15) is 9.18 Å². The number of carbonyl (C=O) groups is 1. The molecule has 2 rings (SSSR count). The Morgan fingerprint density at radius 3 is 2.68 bits per heavy atom. The molecule has 0 fully saturated rings. The van der Waals surface area contributed by atoms with Crippen LogP contribution in [0.1, 0.15) is 35.7 Å². The van der Waals surface area contributed by atoms with Gasteiger partial charge in [-0.2, -0.15) is 0 Å². The predicted molar refractivity (Wildman–Crippen MR) is 83.8 cm³/mol. The third kappa shape index (κ3) is 4.04. The minimum Gasteiger partial charge on any atom is -0.481 e. The molecule has 0 saturated carbocycles. The molecule has 0 radical (unpaired) electrons. The Morgan fingerprint density at radius 2 is 2.05 bits per heavy atom. The van der Waals surface area contributed by atoms with Gasteiger partial charge in [0, 0.05) is 29.8 Å². The van der Waals surface area contributed by atoms with E-state index in [1.807, 2.05) is 19.1 Å². The maximum Gasteiger partial charge on any atom is 0.218 e. The van der Waals surface area contributed by atoms with Crippen molar-refractivity contribution in [2.75, 3.05) is 12.4 Å². The summed E-state index contributed by atoms with van der Waals surface area (Å²) in [4.78, 5) is 15.7. The summed E-state index contributed by atoms with van der Waals surface area (Å²) in [5.41, 5.74) is 2.19. The third-order valence-electron chi connectivity index (χ3n) is 3.25. The maximum atomic E-state index is 13.2. The number of rotatable bonds is 7. The van der Waals surface area contributed by atoms with Crippen molar-refractivity contribution < 1.29 is 13.9 Å². The monoisotopic (exact) mass is 302 g/mol. The smallest absolute Gasteiger partial charge is 0.218 e. The van der Waals surface area contributed by atoms with Crippen molar-refractivity contribution in [3.63, 3.8) is 0 Å². The van der Waals surface area contributed by atoms with Crippen molar-refractivity contribution in [2.24, 2.45) is 0 Å². The van der Waals surface area contributed by atoms with Crippen LogP contribution in [0.3, 0.4) is 0 Å². The largest absolute Gasteiger partial charge is 0.481 e. The number of nitrogens with zero attached hydrogens (tertiary/aromatic N) is 1. The Morgan fingerprint density at radius 1 is 1.32 bits per heavy atom. The van der Waals surface area contributed by atoms with Crippen LogP contribution in [0.5, 0.6) is 5.88 Å². The van der Waals surface area contributed by atoms with Crippen molar-refractivity contribution in [1.82, 2.24) is 4.98 Å². The minimum atomic E-state index is -0.405. The topological polar surface area (TPSA) is 51.2 Å². The van der Waals surface area contributed by atoms with Gasteiger partial charge in [-0.25, -0.2) is 9.37 Å². The van der Waals surface area contributed by atoms with Crippen LogP contribution < -0.4 is 10.1 Å². The molecule has 116 valence electrons. The first-order valence-electron chi connectivity index (χ1n) is 7.19. The molecule has 1 aromatic heterocycles. The van der Waals surface area contributed by atoms with Gasteiger partial charge in [-0.1, -0.05) is 6.92 Å². The molecular weight excluding hydrogens is 283 g/mol. The lowest BCUT2D eigenvalue weighted by Crippen LogP contribution is -2.04. The zero-order valence-electron chi connectivity index (χ0n) is 12.7. The second-order valence-corrected chi connectivity index (χ2v) is 4.93. The van der Waals surface area contributed by atoms with Gasteiger partial charge >= 0.3 is 0 Å². The standard InChI is InChI=1S/C17H19FN2O2/c1-3-4-16(21)12-5-7-15(8-6-12)19-10-13-9-14(18)11-20-17(13)22-2/h5-9,11,19H,3-4,10H2,1-2H3. The molecule has 5 heteroatoms. The van der Waals surface area contributed by atoms with Gasteiger partial charge in [0.25, 0.3) is 0 Å². The second kappa shape index (κ2) is 7.54. The van der Waals surface area contributed by atoms with E-state index in [0.717, 1.165) is 18.3 Å². The van der Waals surface area contributed by atoms with Gasteiger partial charge in [-0.3, -0.25) is 4.79 Å². The van der Waals surface area contributed by atoms with Crippen LogP contribution in [0.4, 0.5) is 10.1 Å². The van der Waals surface area contributed by atoms with E-state index in [1.54, 1.807) is 12.1 Å². The number of Topliss-reactive ketones (excluding diaryl/α,β-unsaturated/α-hetero) is 1. The summed E-state index contributed by atoms with van der Waals surface area (Å²) in [5, 5.41) is 3.16. The molecule has 0 bridgehead atoms. The Kier molecular flexibility index (Phi) is 5.47. The van der Waals surface area contributed by atoms with Gasteiger partial charge in [-0.05, 0) is 36.8 Å². The molecule has 0 aliphatic rings. The fourth-order valence-corrected chi connectivity index (χ4v) is 2.12. The lowest BCUT2D eigenvalue weighted by Gasteiger charge is -2.10. The van der Waals surface area contributed by atoms with E-state index in [4.69, 9.17) is 4.74 Å². The molecule has 0 aliphatic carbocycles. The number of carbonyl (C=O) groups excluding carboxylic acids is 1. The quantitative estimate of drug-likeness (QED) is 0.790. The van der Waals surface area contributed by atoms with Crippen LogP contribution in [-0.2, 0) is 6.54 Å². The summed E-state index contributed by atoms with van der Waals surface area (Å²) in [6, 6.07) is 8.64. The summed E-state index contributed by atoms with van der Waals surface area (Å²) in [5.74, 6) is 0.131. The number of anilines is 1. The number of aromatic nitrogens is 1. The van der Waals surface area contributed by atoms with E-state index < -0.39 is 5.82 Å². The highest BCUT2D eigenvalue weighted by atomic mass is 19.1. The van der Waals surface area contributed by atoms with Gasteiger partial charge in [0.2, 0.25) is 5.88 Å². The minimum absolute atomic E-state index is 0.144. The highest BCUT2D eigenvalue weighted by Crippen LogP contribution is 2.18. The summed E-state index contributed by atoms with van der Waals surface area (Å²) < 4.78 is 18.3. The number of ether oxygens (including phenoxy) is 1. The van der Waals surface area contributed by atoms with Crippen LogP contribution in [0.2, 0.25) is 0 Å². The number of benzene rings is 1. The molecule has 0 amide bonds. The Labute approximate surface area is 129 Å². The van der Waals surface area contributed by atoms with Crippen LogP contribution in [0, 0.1) is 5.82 Å². The van der Waals surface area contributed by atoms with Crippen LogP contribution >= 0.6 is 0 Å². The number of hydrogen-bond acceptors (Lipinski definition) is 4. The van der Waals surface area contributed by atoms with E-state index >= 15 is 0 Å². The fraction of sp³-hybridized carbons (Fsp3) is 0.294. The second-order valence-electron chi connectivity index (χ2n) is 4.93. The van der Waals surface area contributed by atoms with Gasteiger partial charge in [-0.15, -0.1) is 0 Å². The molecule has 4 nitrogen and oxygen atoms in total. The van der Waals surface area contributed by atoms with Gasteiger partial charge in [0.15, 0.2) is 5.78 Å². The predicted octanol–water partition coefficient (Wildman–Crippen LogP) is 3.82. The molecule has 0 aliphatic heterocycles. The number of methoxy groups -OCH3 is 1. The highest BCUT2D eigenvalue weighted by Gasteiger charge is 2.07. The Balaban J connectivity index is 2.03. The van der Waals surface area contributed by atoms with E-state index in [-0.39, 0.29) is 5.78 Å². The number of halogens is 1. The third-order valence-corrected chi connectivity index (χ3v) is 3.25. The highest BCUT2D eigenvalue weighted by molar-refractivity contribution is 5.96. The first-order valence-corrected chi connectivity index (χ1v) is 7.19. The fourth-order valence-electron chi connectivity index (χ4n) is 2.12. The normalized spacial score (nSPS) is 10.3. The lowest BCUT2D eigenvalue weighted by atomic mass is 10.1. The van der Waals surface area contributed by atoms with Crippen molar-refractivity contribution in [1.29, 1.82) is 0 Å². The van der Waals surface area contributed by atoms with Crippen LogP contribution in [0.15, 0.2) is 36.5 Å². The van der Waals surface area contributed by atoms with Crippen LogP contribution in [0.25, 0.3) is 0 Å². The average molecular weight is 302 g/mol. The Bertz CT molecular complexity index is 642. The number of pyridine rings is 1. The summed E-state index contributed by atoms with van der Waals surface area (Å²) in [6.07, 6.45) is 2.51. The first-order chi connectivity index (χ1) is 10.6. The molecule has 1 heterocycles. The first kappa shape index (κ1) is 15.9. The molecule has 0 spiro atoms. The summed E-state index contributed by atoms with van der Waals surface area (Å²) in [6.45, 7) is 2.37. The van der Waals surface area contributed by atoms with Crippen molar-refractivity contribution >= 4 is 11.5 Å². The van der Waals surface area contributed by atoms with Gasteiger partial charge in [0.1, 0.15) is 5.82 Å². The maximum absolute atomic E-state index is 13.2. The SMILES string of the molecule is CCCC(=O)c1ccc(NCc2cc(F)cnc2OC)cc1. The molecule has 0 atom stereocenters. The summed E-state index contributed by atoms with van der Waals surface area (Å²) in [7, 11) is 1.50. The number of hydrogen-bond donors (Lipinski definition) is 1. The molecule has 2 aromatic rings. The molecule has 0 saturated heterocycles. The van der Waals surface area contributed by atoms with E-state index in [0.29, 0.717) is 30.0 Å². The van der Waals surface area contributed by atoms with E-state index in [2.05, 4.69) is 10.3 Å².